The number of esters is 1. The summed E-state index contributed by atoms with van der Waals surface area (Å²) in [6, 6.07) is 12.5. The molecule has 8 heteroatoms. The van der Waals surface area contributed by atoms with Crippen molar-refractivity contribution < 1.29 is 9.53 Å². The van der Waals surface area contributed by atoms with E-state index in [4.69, 9.17) is 16.3 Å². The Kier molecular flexibility index (Phi) is 5.83. The maximum Gasteiger partial charge on any atom is 0.338 e. The molecule has 2 N–H and O–H groups in total. The lowest BCUT2D eigenvalue weighted by Gasteiger charge is -2.09. The second kappa shape index (κ2) is 8.46. The van der Waals surface area contributed by atoms with Gasteiger partial charge in [-0.25, -0.2) is 4.79 Å². The fourth-order valence-corrected chi connectivity index (χ4v) is 2.45. The highest BCUT2D eigenvalue weighted by Gasteiger charge is 2.07. The van der Waals surface area contributed by atoms with Crippen LogP contribution >= 0.6 is 11.6 Å². The van der Waals surface area contributed by atoms with Gasteiger partial charge in [-0.15, -0.1) is 5.10 Å². The van der Waals surface area contributed by atoms with Crippen LogP contribution in [0.2, 0.25) is 5.02 Å². The largest absolute Gasteiger partial charge is 0.462 e. The molecule has 0 radical (unpaired) electrons. The van der Waals surface area contributed by atoms with Gasteiger partial charge in [0.15, 0.2) is 5.82 Å². The van der Waals surface area contributed by atoms with Crippen LogP contribution in [-0.4, -0.2) is 27.8 Å². The highest BCUT2D eigenvalue weighted by Crippen LogP contribution is 2.23. The lowest BCUT2D eigenvalue weighted by atomic mass is 10.2. The summed E-state index contributed by atoms with van der Waals surface area (Å²) in [7, 11) is 0. The summed E-state index contributed by atoms with van der Waals surface area (Å²) in [4.78, 5) is 16.1. The number of aromatic nitrogens is 3. The van der Waals surface area contributed by atoms with Crippen LogP contribution in [0.15, 0.2) is 48.7 Å². The summed E-state index contributed by atoms with van der Waals surface area (Å²) < 4.78 is 4.96. The van der Waals surface area contributed by atoms with Gasteiger partial charge in [0, 0.05) is 16.4 Å². The molecule has 1 heterocycles. The second-order valence-corrected chi connectivity index (χ2v) is 6.08. The number of aryl methyl sites for hydroxylation is 1. The van der Waals surface area contributed by atoms with Gasteiger partial charge in [0.25, 0.3) is 0 Å². The lowest BCUT2D eigenvalue weighted by Crippen LogP contribution is -2.05. The zero-order chi connectivity index (χ0) is 19.2. The van der Waals surface area contributed by atoms with Crippen LogP contribution in [0.3, 0.4) is 0 Å². The molecule has 2 aromatic carbocycles. The Hall–Kier alpha value is -3.19. The summed E-state index contributed by atoms with van der Waals surface area (Å²) >= 11 is 6.14. The Morgan fingerprint density at radius 2 is 1.85 bits per heavy atom. The average Bonchev–Trinajstić information content (AvgIpc) is 2.66. The highest BCUT2D eigenvalue weighted by molar-refractivity contribution is 6.31. The fourth-order valence-electron chi connectivity index (χ4n) is 2.27. The number of ether oxygens (including phenoxy) is 1. The van der Waals surface area contributed by atoms with E-state index in [1.54, 1.807) is 31.2 Å². The minimum Gasteiger partial charge on any atom is -0.462 e. The first-order chi connectivity index (χ1) is 13.0. The number of anilines is 4. The van der Waals surface area contributed by atoms with Gasteiger partial charge in [0.05, 0.1) is 18.4 Å². The van der Waals surface area contributed by atoms with Crippen LogP contribution in [0, 0.1) is 6.92 Å². The van der Waals surface area contributed by atoms with Gasteiger partial charge in [-0.1, -0.05) is 17.7 Å². The van der Waals surface area contributed by atoms with E-state index in [2.05, 4.69) is 25.8 Å². The van der Waals surface area contributed by atoms with Gasteiger partial charge >= 0.3 is 5.97 Å². The zero-order valence-electron chi connectivity index (χ0n) is 14.9. The molecule has 3 rings (SSSR count). The molecule has 0 bridgehead atoms. The maximum atomic E-state index is 11.7. The minimum atomic E-state index is -0.357. The summed E-state index contributed by atoms with van der Waals surface area (Å²) in [6.45, 7) is 4.04. The SMILES string of the molecule is CCOC(=O)c1ccc(Nc2nncc(Nc3ccc(C)c(Cl)c3)n2)cc1. The van der Waals surface area contributed by atoms with Gasteiger partial charge in [0.2, 0.25) is 5.95 Å². The molecule has 1 aromatic heterocycles. The molecule has 7 nitrogen and oxygen atoms in total. The Labute approximate surface area is 161 Å². The van der Waals surface area contributed by atoms with Crippen molar-refractivity contribution in [2.75, 3.05) is 17.2 Å². The van der Waals surface area contributed by atoms with E-state index in [9.17, 15) is 4.79 Å². The molecule has 0 unspecified atom stereocenters. The van der Waals surface area contributed by atoms with Gasteiger partial charge < -0.3 is 15.4 Å². The van der Waals surface area contributed by atoms with Crippen molar-refractivity contribution in [3.8, 4) is 0 Å². The first-order valence-electron chi connectivity index (χ1n) is 8.32. The average molecular weight is 384 g/mol. The summed E-state index contributed by atoms with van der Waals surface area (Å²) in [5, 5.41) is 14.8. The first kappa shape index (κ1) is 18.6. The molecular weight excluding hydrogens is 366 g/mol. The quantitative estimate of drug-likeness (QED) is 0.606. The first-order valence-corrected chi connectivity index (χ1v) is 8.70. The molecule has 3 aromatic rings. The van der Waals surface area contributed by atoms with Crippen molar-refractivity contribution >= 4 is 40.7 Å². The molecule has 0 fully saturated rings. The normalized spacial score (nSPS) is 10.3. The van der Waals surface area contributed by atoms with Crippen molar-refractivity contribution in [2.45, 2.75) is 13.8 Å². The standard InChI is InChI=1S/C19H18ClN5O2/c1-3-27-18(26)13-5-8-14(9-6-13)23-19-24-17(11-21-25-19)22-15-7-4-12(2)16(20)10-15/h4-11H,3H2,1-2H3,(H2,22,23,24,25). The van der Waals surface area contributed by atoms with E-state index in [1.807, 2.05) is 25.1 Å². The molecule has 27 heavy (non-hydrogen) atoms. The van der Waals surface area contributed by atoms with Gasteiger partial charge in [0.1, 0.15) is 0 Å². The number of carbonyl (C=O) groups is 1. The van der Waals surface area contributed by atoms with Crippen LogP contribution in [0.1, 0.15) is 22.8 Å². The van der Waals surface area contributed by atoms with Crippen LogP contribution in [0.4, 0.5) is 23.1 Å². The smallest absolute Gasteiger partial charge is 0.338 e. The fraction of sp³-hybridized carbons (Fsp3) is 0.158. The van der Waals surface area contributed by atoms with E-state index in [1.165, 1.54) is 6.20 Å². The van der Waals surface area contributed by atoms with E-state index < -0.39 is 0 Å². The van der Waals surface area contributed by atoms with Crippen molar-refractivity contribution in [1.82, 2.24) is 15.2 Å². The monoisotopic (exact) mass is 383 g/mol. The third-order valence-corrected chi connectivity index (χ3v) is 4.06. The number of nitrogens with zero attached hydrogens (tertiary/aromatic N) is 3. The van der Waals surface area contributed by atoms with E-state index in [0.717, 1.165) is 16.9 Å². The molecule has 0 aliphatic carbocycles. The Balaban J connectivity index is 1.70. The lowest BCUT2D eigenvalue weighted by molar-refractivity contribution is 0.0526. The topological polar surface area (TPSA) is 89.0 Å². The number of benzene rings is 2. The maximum absolute atomic E-state index is 11.7. The third-order valence-electron chi connectivity index (χ3n) is 3.66. The molecule has 0 amide bonds. The van der Waals surface area contributed by atoms with E-state index in [-0.39, 0.29) is 5.97 Å². The number of hydrogen-bond acceptors (Lipinski definition) is 7. The van der Waals surface area contributed by atoms with Crippen molar-refractivity contribution in [2.24, 2.45) is 0 Å². The molecule has 0 saturated heterocycles. The second-order valence-electron chi connectivity index (χ2n) is 5.68. The molecule has 0 spiro atoms. The van der Waals surface area contributed by atoms with Crippen LogP contribution in [-0.2, 0) is 4.74 Å². The van der Waals surface area contributed by atoms with Crippen LogP contribution in [0.25, 0.3) is 0 Å². The predicted molar refractivity (Wildman–Crippen MR) is 105 cm³/mol. The van der Waals surface area contributed by atoms with E-state index >= 15 is 0 Å². The molecule has 138 valence electrons. The number of rotatable bonds is 6. The Morgan fingerprint density at radius 3 is 2.56 bits per heavy atom. The zero-order valence-corrected chi connectivity index (χ0v) is 15.6. The number of nitrogens with one attached hydrogen (secondary N) is 2. The number of halogens is 1. The van der Waals surface area contributed by atoms with Crippen molar-refractivity contribution in [3.05, 3.63) is 64.8 Å². The van der Waals surface area contributed by atoms with Gasteiger partial charge in [-0.2, -0.15) is 10.1 Å². The Bertz CT molecular complexity index is 947. The van der Waals surface area contributed by atoms with E-state index in [0.29, 0.717) is 29.0 Å². The summed E-state index contributed by atoms with van der Waals surface area (Å²) in [5.74, 6) is 0.488. The minimum absolute atomic E-state index is 0.321. The number of hydrogen-bond donors (Lipinski definition) is 2. The third kappa shape index (κ3) is 4.92. The molecule has 0 aliphatic heterocycles. The highest BCUT2D eigenvalue weighted by atomic mass is 35.5. The van der Waals surface area contributed by atoms with Crippen LogP contribution in [0.5, 0.6) is 0 Å². The molecule has 0 aliphatic rings. The molecule has 0 saturated carbocycles. The number of carbonyl (C=O) groups excluding carboxylic acids is 1. The molecular formula is C19H18ClN5O2. The van der Waals surface area contributed by atoms with Crippen molar-refractivity contribution in [3.63, 3.8) is 0 Å². The van der Waals surface area contributed by atoms with Gasteiger partial charge in [-0.05, 0) is 55.8 Å². The van der Waals surface area contributed by atoms with Crippen LogP contribution < -0.4 is 10.6 Å². The predicted octanol–water partition coefficient (Wildman–Crippen LogP) is 4.50. The Morgan fingerprint density at radius 1 is 1.11 bits per heavy atom. The molecule has 0 atom stereocenters. The summed E-state index contributed by atoms with van der Waals surface area (Å²) in [6.07, 6.45) is 1.52. The van der Waals surface area contributed by atoms with Crippen molar-refractivity contribution in [1.29, 1.82) is 0 Å². The van der Waals surface area contributed by atoms with Gasteiger partial charge in [-0.3, -0.25) is 0 Å². The summed E-state index contributed by atoms with van der Waals surface area (Å²) in [5.41, 5.74) is 3.00.